The lowest BCUT2D eigenvalue weighted by atomic mass is 10.1. The molecule has 102 valence electrons. The van der Waals surface area contributed by atoms with Crippen LogP contribution in [0.3, 0.4) is 0 Å². The molecule has 0 aliphatic heterocycles. The molecule has 1 N–H and O–H groups in total. The van der Waals surface area contributed by atoms with Crippen LogP contribution < -0.4 is 5.32 Å². The maximum absolute atomic E-state index is 4.15. The van der Waals surface area contributed by atoms with Crippen LogP contribution in [0.15, 0.2) is 43.0 Å². The zero-order chi connectivity index (χ0) is 13.5. The molecule has 2 rings (SSSR count). The summed E-state index contributed by atoms with van der Waals surface area (Å²) >= 11 is 0. The van der Waals surface area contributed by atoms with Crippen molar-refractivity contribution in [3.8, 4) is 0 Å². The van der Waals surface area contributed by atoms with Crippen molar-refractivity contribution in [1.82, 2.24) is 14.9 Å². The summed E-state index contributed by atoms with van der Waals surface area (Å²) in [7, 11) is 2.04. The number of rotatable bonds is 7. The Labute approximate surface area is 115 Å². The molecule has 0 aliphatic carbocycles. The molecular formula is C16H23N3. The van der Waals surface area contributed by atoms with Crippen molar-refractivity contribution >= 4 is 0 Å². The van der Waals surface area contributed by atoms with Gasteiger partial charge >= 0.3 is 0 Å². The summed E-state index contributed by atoms with van der Waals surface area (Å²) in [5, 5.41) is 3.38. The predicted molar refractivity (Wildman–Crippen MR) is 79.1 cm³/mol. The minimum Gasteiger partial charge on any atom is -0.354 e. The zero-order valence-corrected chi connectivity index (χ0v) is 11.8. The third-order valence-corrected chi connectivity index (χ3v) is 3.48. The Bertz CT molecular complexity index is 476. The van der Waals surface area contributed by atoms with E-state index in [0.29, 0.717) is 6.04 Å². The standard InChI is InChI=1S/C16H23N3/c1-3-5-16(17-2)15-8-11-19(13-15)10-7-14-6-4-9-18-12-14/h4,6,8-9,11-13,16-17H,3,5,7,10H2,1-2H3. The normalized spacial score (nSPS) is 12.5. The van der Waals surface area contributed by atoms with Gasteiger partial charge in [0, 0.05) is 37.4 Å². The highest BCUT2D eigenvalue weighted by molar-refractivity contribution is 5.16. The van der Waals surface area contributed by atoms with Gasteiger partial charge in [0.25, 0.3) is 0 Å². The van der Waals surface area contributed by atoms with Gasteiger partial charge in [-0.1, -0.05) is 19.4 Å². The molecule has 19 heavy (non-hydrogen) atoms. The third kappa shape index (κ3) is 3.93. The van der Waals surface area contributed by atoms with Gasteiger partial charge in [0.15, 0.2) is 0 Å². The van der Waals surface area contributed by atoms with Crippen molar-refractivity contribution in [2.45, 2.75) is 38.8 Å². The quantitative estimate of drug-likeness (QED) is 0.825. The van der Waals surface area contributed by atoms with Gasteiger partial charge in [-0.25, -0.2) is 0 Å². The monoisotopic (exact) mass is 257 g/mol. The SMILES string of the molecule is CCCC(NC)c1ccn(CCc2cccnc2)c1. The number of aromatic nitrogens is 2. The number of nitrogens with one attached hydrogen (secondary N) is 1. The van der Waals surface area contributed by atoms with Gasteiger partial charge in [0.1, 0.15) is 0 Å². The van der Waals surface area contributed by atoms with E-state index in [0.717, 1.165) is 13.0 Å². The Kier molecular flexibility index (Phi) is 5.16. The van der Waals surface area contributed by atoms with Crippen molar-refractivity contribution < 1.29 is 0 Å². The highest BCUT2D eigenvalue weighted by Gasteiger charge is 2.09. The second-order valence-electron chi connectivity index (χ2n) is 4.92. The van der Waals surface area contributed by atoms with Crippen LogP contribution in [0.1, 0.15) is 36.9 Å². The minimum atomic E-state index is 0.477. The molecule has 0 aromatic carbocycles. The van der Waals surface area contributed by atoms with E-state index >= 15 is 0 Å². The lowest BCUT2D eigenvalue weighted by Gasteiger charge is -2.13. The molecule has 1 atom stereocenters. The number of hydrogen-bond acceptors (Lipinski definition) is 2. The molecule has 3 nitrogen and oxygen atoms in total. The van der Waals surface area contributed by atoms with Crippen LogP contribution >= 0.6 is 0 Å². The van der Waals surface area contributed by atoms with Crippen LogP contribution in [0.4, 0.5) is 0 Å². The molecule has 0 fully saturated rings. The molecule has 0 bridgehead atoms. The fraction of sp³-hybridized carbons (Fsp3) is 0.438. The first kappa shape index (κ1) is 13.8. The van der Waals surface area contributed by atoms with Crippen molar-refractivity contribution in [2.75, 3.05) is 7.05 Å². The van der Waals surface area contributed by atoms with Crippen LogP contribution in [0, 0.1) is 0 Å². The Hall–Kier alpha value is -1.61. The Morgan fingerprint density at radius 3 is 2.95 bits per heavy atom. The van der Waals surface area contributed by atoms with E-state index in [4.69, 9.17) is 0 Å². The smallest absolute Gasteiger partial charge is 0.0332 e. The minimum absolute atomic E-state index is 0.477. The van der Waals surface area contributed by atoms with Gasteiger partial charge in [-0.05, 0) is 43.1 Å². The van der Waals surface area contributed by atoms with E-state index < -0.39 is 0 Å². The maximum Gasteiger partial charge on any atom is 0.0332 e. The van der Waals surface area contributed by atoms with E-state index in [1.807, 2.05) is 25.5 Å². The highest BCUT2D eigenvalue weighted by Crippen LogP contribution is 2.18. The van der Waals surface area contributed by atoms with Gasteiger partial charge in [0.05, 0.1) is 0 Å². The van der Waals surface area contributed by atoms with Crippen molar-refractivity contribution in [2.24, 2.45) is 0 Å². The molecule has 2 heterocycles. The lowest BCUT2D eigenvalue weighted by molar-refractivity contribution is 0.540. The predicted octanol–water partition coefficient (Wildman–Crippen LogP) is 3.19. The number of aryl methyl sites for hydroxylation is 2. The molecule has 0 amide bonds. The van der Waals surface area contributed by atoms with E-state index in [1.165, 1.54) is 24.0 Å². The molecule has 0 radical (unpaired) electrons. The average molecular weight is 257 g/mol. The number of hydrogen-bond donors (Lipinski definition) is 1. The molecule has 0 spiro atoms. The van der Waals surface area contributed by atoms with Crippen LogP contribution in [0.2, 0.25) is 0 Å². The number of pyridine rings is 1. The summed E-state index contributed by atoms with van der Waals surface area (Å²) in [6, 6.07) is 6.82. The molecule has 2 aromatic rings. The van der Waals surface area contributed by atoms with E-state index in [-0.39, 0.29) is 0 Å². The van der Waals surface area contributed by atoms with Crippen LogP contribution in [-0.4, -0.2) is 16.6 Å². The topological polar surface area (TPSA) is 29.9 Å². The summed E-state index contributed by atoms with van der Waals surface area (Å²) in [6.45, 7) is 3.23. The summed E-state index contributed by atoms with van der Waals surface area (Å²) < 4.78 is 2.27. The van der Waals surface area contributed by atoms with Crippen LogP contribution in [0.5, 0.6) is 0 Å². The molecule has 3 heteroatoms. The van der Waals surface area contributed by atoms with Gasteiger partial charge in [-0.2, -0.15) is 0 Å². The Balaban J connectivity index is 1.93. The second-order valence-corrected chi connectivity index (χ2v) is 4.92. The average Bonchev–Trinajstić information content (AvgIpc) is 2.92. The maximum atomic E-state index is 4.15. The molecule has 0 saturated carbocycles. The first-order valence-electron chi connectivity index (χ1n) is 7.05. The van der Waals surface area contributed by atoms with E-state index in [1.54, 1.807) is 0 Å². The fourth-order valence-electron chi connectivity index (χ4n) is 2.38. The van der Waals surface area contributed by atoms with Crippen molar-refractivity contribution in [1.29, 1.82) is 0 Å². The first-order chi connectivity index (χ1) is 9.33. The number of nitrogens with zero attached hydrogens (tertiary/aromatic N) is 2. The van der Waals surface area contributed by atoms with Crippen LogP contribution in [0.25, 0.3) is 0 Å². The fourth-order valence-corrected chi connectivity index (χ4v) is 2.38. The third-order valence-electron chi connectivity index (χ3n) is 3.48. The Morgan fingerprint density at radius 1 is 1.37 bits per heavy atom. The van der Waals surface area contributed by atoms with E-state index in [2.05, 4.69) is 46.3 Å². The first-order valence-corrected chi connectivity index (χ1v) is 7.05. The molecule has 2 aromatic heterocycles. The molecular weight excluding hydrogens is 234 g/mol. The van der Waals surface area contributed by atoms with Gasteiger partial charge in [-0.3, -0.25) is 4.98 Å². The summed E-state index contributed by atoms with van der Waals surface area (Å²) in [5.74, 6) is 0. The van der Waals surface area contributed by atoms with Crippen LogP contribution in [-0.2, 0) is 13.0 Å². The Morgan fingerprint density at radius 2 is 2.26 bits per heavy atom. The largest absolute Gasteiger partial charge is 0.354 e. The van der Waals surface area contributed by atoms with Crippen molar-refractivity contribution in [3.05, 3.63) is 54.1 Å². The van der Waals surface area contributed by atoms with Gasteiger partial charge < -0.3 is 9.88 Å². The van der Waals surface area contributed by atoms with E-state index in [9.17, 15) is 0 Å². The van der Waals surface area contributed by atoms with Gasteiger partial charge in [0.2, 0.25) is 0 Å². The summed E-state index contributed by atoms with van der Waals surface area (Å²) in [5.41, 5.74) is 2.67. The zero-order valence-electron chi connectivity index (χ0n) is 11.8. The lowest BCUT2D eigenvalue weighted by Crippen LogP contribution is -2.15. The molecule has 1 unspecified atom stereocenters. The van der Waals surface area contributed by atoms with Gasteiger partial charge in [-0.15, -0.1) is 0 Å². The highest BCUT2D eigenvalue weighted by atomic mass is 14.9. The van der Waals surface area contributed by atoms with Crippen molar-refractivity contribution in [3.63, 3.8) is 0 Å². The molecule has 0 saturated heterocycles. The summed E-state index contributed by atoms with van der Waals surface area (Å²) in [6.07, 6.45) is 11.6. The second kappa shape index (κ2) is 7.10. The molecule has 0 aliphatic rings. The summed E-state index contributed by atoms with van der Waals surface area (Å²) in [4.78, 5) is 4.15.